The smallest absolute Gasteiger partial charge is 0.257 e. The molecule has 0 bridgehead atoms. The lowest BCUT2D eigenvalue weighted by molar-refractivity contribution is -0.0214. The molecule has 5 rings (SSSR count). The Morgan fingerprint density at radius 1 is 1.13 bits per heavy atom. The van der Waals surface area contributed by atoms with Crippen molar-refractivity contribution >= 4 is 5.91 Å². The zero-order valence-electron chi connectivity index (χ0n) is 16.9. The molecular formula is C23H23N3O5. The maximum absolute atomic E-state index is 13.1. The number of rotatable bonds is 4. The van der Waals surface area contributed by atoms with Crippen molar-refractivity contribution in [1.82, 2.24) is 15.1 Å². The lowest BCUT2D eigenvalue weighted by atomic mass is 10.0. The third-order valence-corrected chi connectivity index (χ3v) is 5.55. The van der Waals surface area contributed by atoms with Gasteiger partial charge in [-0.05, 0) is 12.1 Å². The van der Waals surface area contributed by atoms with Gasteiger partial charge in [0.25, 0.3) is 5.91 Å². The van der Waals surface area contributed by atoms with E-state index >= 15 is 0 Å². The van der Waals surface area contributed by atoms with Crippen molar-refractivity contribution in [2.75, 3.05) is 26.3 Å². The second-order valence-electron chi connectivity index (χ2n) is 7.57. The number of benzene rings is 2. The molecule has 2 N–H and O–H groups in total. The number of carbonyl (C=O) groups excluding carboxylic acids is 1. The molecule has 3 aromatic rings. The summed E-state index contributed by atoms with van der Waals surface area (Å²) in [5, 5.41) is 17.7. The van der Waals surface area contributed by atoms with Crippen LogP contribution in [0.2, 0.25) is 0 Å². The van der Waals surface area contributed by atoms with Gasteiger partial charge in [0.15, 0.2) is 11.5 Å². The number of fused-ring (bicyclic) bond motifs is 1. The number of amides is 1. The van der Waals surface area contributed by atoms with E-state index in [-0.39, 0.29) is 12.5 Å². The fraction of sp³-hybridized carbons (Fsp3) is 0.304. The Bertz CT molecular complexity index is 1070. The number of aromatic amines is 1. The van der Waals surface area contributed by atoms with Crippen LogP contribution in [0.5, 0.6) is 17.2 Å². The number of likely N-dealkylation sites (tertiary alicyclic amines) is 1. The Balaban J connectivity index is 1.28. The summed E-state index contributed by atoms with van der Waals surface area (Å²) < 4.78 is 17.3. The van der Waals surface area contributed by atoms with Gasteiger partial charge in [-0.15, -0.1) is 0 Å². The second kappa shape index (κ2) is 8.31. The summed E-state index contributed by atoms with van der Waals surface area (Å²) in [6.45, 7) is 1.59. The third-order valence-electron chi connectivity index (χ3n) is 5.55. The standard InChI is InChI=1S/C23H23N3O5/c27-17-14-26(23(28)16-13-24-25-21(16)15-5-2-1-3-6-15)10-9-18(17)31-20-8-4-7-19-22(20)30-12-11-29-19/h1-8,13,17-18,27H,9-12,14H2,(H,24,25)/t17-,18-/m1/s1. The molecule has 1 saturated heterocycles. The van der Waals surface area contributed by atoms with Gasteiger partial charge >= 0.3 is 0 Å². The van der Waals surface area contributed by atoms with Crippen molar-refractivity contribution in [3.63, 3.8) is 0 Å². The molecule has 8 heteroatoms. The van der Waals surface area contributed by atoms with E-state index in [4.69, 9.17) is 14.2 Å². The molecule has 2 aromatic carbocycles. The van der Waals surface area contributed by atoms with Crippen LogP contribution >= 0.6 is 0 Å². The number of β-amino-alcohol motifs (C(OH)–C–C–N with tert-alkyl or cyclic N) is 1. The Labute approximate surface area is 179 Å². The number of nitrogens with zero attached hydrogens (tertiary/aromatic N) is 2. The molecule has 0 aliphatic carbocycles. The first-order valence-corrected chi connectivity index (χ1v) is 10.3. The molecule has 160 valence electrons. The number of carbonyl (C=O) groups is 1. The van der Waals surface area contributed by atoms with E-state index in [0.29, 0.717) is 54.7 Å². The maximum Gasteiger partial charge on any atom is 0.257 e. The fourth-order valence-electron chi connectivity index (χ4n) is 3.98. The van der Waals surface area contributed by atoms with Gasteiger partial charge in [-0.2, -0.15) is 5.10 Å². The molecule has 8 nitrogen and oxygen atoms in total. The molecule has 31 heavy (non-hydrogen) atoms. The van der Waals surface area contributed by atoms with E-state index in [2.05, 4.69) is 10.2 Å². The lowest BCUT2D eigenvalue weighted by Gasteiger charge is -2.36. The highest BCUT2D eigenvalue weighted by molar-refractivity contribution is 5.99. The van der Waals surface area contributed by atoms with Gasteiger partial charge in [-0.25, -0.2) is 0 Å². The number of para-hydroxylation sites is 1. The number of hydrogen-bond donors (Lipinski definition) is 2. The lowest BCUT2D eigenvalue weighted by Crippen LogP contribution is -2.51. The van der Waals surface area contributed by atoms with E-state index in [0.717, 1.165) is 5.56 Å². The first-order chi connectivity index (χ1) is 15.2. The van der Waals surface area contributed by atoms with Crippen LogP contribution in [-0.4, -0.2) is 64.6 Å². The molecule has 2 aliphatic rings. The number of H-pyrrole nitrogens is 1. The van der Waals surface area contributed by atoms with Crippen LogP contribution in [-0.2, 0) is 0 Å². The second-order valence-corrected chi connectivity index (χ2v) is 7.57. The van der Waals surface area contributed by atoms with Crippen molar-refractivity contribution in [3.8, 4) is 28.5 Å². The number of aliphatic hydroxyl groups is 1. The Morgan fingerprint density at radius 2 is 1.97 bits per heavy atom. The first kappa shape index (κ1) is 19.4. The highest BCUT2D eigenvalue weighted by Gasteiger charge is 2.34. The fourth-order valence-corrected chi connectivity index (χ4v) is 3.98. The van der Waals surface area contributed by atoms with E-state index in [1.165, 1.54) is 6.20 Å². The van der Waals surface area contributed by atoms with Gasteiger partial charge in [0.2, 0.25) is 5.75 Å². The van der Waals surface area contributed by atoms with E-state index in [1.807, 2.05) is 42.5 Å². The number of hydrogen-bond acceptors (Lipinski definition) is 6. The zero-order valence-corrected chi connectivity index (χ0v) is 16.9. The molecule has 1 amide bonds. The Kier molecular flexibility index (Phi) is 5.21. The summed E-state index contributed by atoms with van der Waals surface area (Å²) >= 11 is 0. The minimum absolute atomic E-state index is 0.168. The van der Waals surface area contributed by atoms with Crippen LogP contribution in [0.25, 0.3) is 11.3 Å². The topological polar surface area (TPSA) is 96.9 Å². The number of nitrogens with one attached hydrogen (secondary N) is 1. The average molecular weight is 421 g/mol. The van der Waals surface area contributed by atoms with Gasteiger partial charge < -0.3 is 24.2 Å². The summed E-state index contributed by atoms with van der Waals surface area (Å²) in [5.41, 5.74) is 2.05. The van der Waals surface area contributed by atoms with Crippen LogP contribution in [0, 0.1) is 0 Å². The summed E-state index contributed by atoms with van der Waals surface area (Å²) in [7, 11) is 0. The molecule has 0 saturated carbocycles. The van der Waals surface area contributed by atoms with Gasteiger partial charge in [0.1, 0.15) is 25.4 Å². The summed E-state index contributed by atoms with van der Waals surface area (Å²) in [6.07, 6.45) is 0.757. The van der Waals surface area contributed by atoms with E-state index in [9.17, 15) is 9.90 Å². The number of aromatic nitrogens is 2. The highest BCUT2D eigenvalue weighted by atomic mass is 16.6. The predicted molar refractivity (Wildman–Crippen MR) is 112 cm³/mol. The largest absolute Gasteiger partial charge is 0.486 e. The molecule has 2 aliphatic heterocycles. The van der Waals surface area contributed by atoms with Crippen LogP contribution in [0.3, 0.4) is 0 Å². The average Bonchev–Trinajstić information content (AvgIpc) is 3.31. The van der Waals surface area contributed by atoms with Gasteiger partial charge in [-0.1, -0.05) is 36.4 Å². The molecule has 0 spiro atoms. The van der Waals surface area contributed by atoms with E-state index in [1.54, 1.807) is 11.0 Å². The molecule has 0 unspecified atom stereocenters. The zero-order chi connectivity index (χ0) is 21.2. The van der Waals surface area contributed by atoms with Crippen molar-refractivity contribution in [3.05, 3.63) is 60.3 Å². The molecule has 2 atom stereocenters. The minimum atomic E-state index is -0.829. The van der Waals surface area contributed by atoms with Crippen molar-refractivity contribution in [2.45, 2.75) is 18.6 Å². The predicted octanol–water partition coefficient (Wildman–Crippen LogP) is 2.50. The number of ether oxygens (including phenoxy) is 3. The summed E-state index contributed by atoms with van der Waals surface area (Å²) in [5.74, 6) is 1.57. The van der Waals surface area contributed by atoms with Crippen molar-refractivity contribution < 1.29 is 24.1 Å². The Morgan fingerprint density at radius 3 is 2.81 bits per heavy atom. The van der Waals surface area contributed by atoms with Gasteiger partial charge in [0, 0.05) is 18.5 Å². The monoisotopic (exact) mass is 421 g/mol. The Hall–Kier alpha value is -3.52. The molecule has 1 aromatic heterocycles. The molecular weight excluding hydrogens is 398 g/mol. The number of aliphatic hydroxyl groups excluding tert-OH is 1. The van der Waals surface area contributed by atoms with Gasteiger partial charge in [0.05, 0.1) is 24.0 Å². The van der Waals surface area contributed by atoms with Gasteiger partial charge in [-0.3, -0.25) is 9.89 Å². The quantitative estimate of drug-likeness (QED) is 0.672. The summed E-state index contributed by atoms with van der Waals surface area (Å²) in [4.78, 5) is 14.8. The van der Waals surface area contributed by atoms with Crippen LogP contribution < -0.4 is 14.2 Å². The van der Waals surface area contributed by atoms with E-state index < -0.39 is 12.2 Å². The number of piperidine rings is 1. The maximum atomic E-state index is 13.1. The molecule has 0 radical (unpaired) electrons. The SMILES string of the molecule is O=C(c1cn[nH]c1-c1ccccc1)N1CC[C@@H](Oc2cccc3c2OCCO3)[C@H](O)C1. The van der Waals surface area contributed by atoms with Crippen molar-refractivity contribution in [1.29, 1.82) is 0 Å². The third kappa shape index (κ3) is 3.82. The summed E-state index contributed by atoms with van der Waals surface area (Å²) in [6, 6.07) is 15.0. The minimum Gasteiger partial charge on any atom is -0.486 e. The first-order valence-electron chi connectivity index (χ1n) is 10.3. The molecule has 1 fully saturated rings. The normalized spacial score (nSPS) is 20.4. The van der Waals surface area contributed by atoms with Crippen molar-refractivity contribution in [2.24, 2.45) is 0 Å². The molecule has 3 heterocycles. The van der Waals surface area contributed by atoms with Crippen LogP contribution in [0.1, 0.15) is 16.8 Å². The van der Waals surface area contributed by atoms with Crippen LogP contribution in [0.15, 0.2) is 54.7 Å². The van der Waals surface area contributed by atoms with Crippen LogP contribution in [0.4, 0.5) is 0 Å². The highest BCUT2D eigenvalue weighted by Crippen LogP contribution is 2.40.